The Morgan fingerprint density at radius 2 is 1.35 bits per heavy atom. The molecule has 1 aromatic carbocycles. The SMILES string of the molecule is CC(C)C.CC(C)C(O)C(O)C(O)CN(C)Cc1ccccc1. The van der Waals surface area contributed by atoms with Gasteiger partial charge in [-0.25, -0.2) is 0 Å². The number of likely N-dealkylation sites (N-methyl/N-ethyl adjacent to an activating group) is 1. The van der Waals surface area contributed by atoms with E-state index in [4.69, 9.17) is 0 Å². The number of nitrogens with zero attached hydrogens (tertiary/aromatic N) is 1. The molecule has 0 spiro atoms. The first-order chi connectivity index (χ1) is 10.6. The molecule has 0 heterocycles. The molecule has 134 valence electrons. The number of aliphatic hydroxyl groups is 3. The normalized spacial score (nSPS) is 15.3. The van der Waals surface area contributed by atoms with E-state index in [1.165, 1.54) is 0 Å². The monoisotopic (exact) mass is 325 g/mol. The third-order valence-electron chi connectivity index (χ3n) is 3.22. The second-order valence-corrected chi connectivity index (χ2v) is 7.21. The number of hydrogen-bond acceptors (Lipinski definition) is 4. The maximum atomic E-state index is 9.93. The number of benzene rings is 1. The Bertz CT molecular complexity index is 392. The van der Waals surface area contributed by atoms with E-state index < -0.39 is 18.3 Å². The van der Waals surface area contributed by atoms with E-state index in [0.717, 1.165) is 11.5 Å². The minimum atomic E-state index is -1.11. The number of hydrogen-bond donors (Lipinski definition) is 3. The zero-order chi connectivity index (χ0) is 18.0. The maximum absolute atomic E-state index is 9.93. The van der Waals surface area contributed by atoms with Crippen LogP contribution in [0.25, 0.3) is 0 Å². The molecule has 0 amide bonds. The highest BCUT2D eigenvalue weighted by Gasteiger charge is 2.27. The second-order valence-electron chi connectivity index (χ2n) is 7.21. The first-order valence-corrected chi connectivity index (χ1v) is 8.41. The first-order valence-electron chi connectivity index (χ1n) is 8.41. The van der Waals surface area contributed by atoms with Crippen LogP contribution in [0.5, 0.6) is 0 Å². The van der Waals surface area contributed by atoms with E-state index in [-0.39, 0.29) is 5.92 Å². The third kappa shape index (κ3) is 10.4. The van der Waals surface area contributed by atoms with E-state index in [9.17, 15) is 15.3 Å². The zero-order valence-electron chi connectivity index (χ0n) is 15.5. The van der Waals surface area contributed by atoms with Crippen molar-refractivity contribution in [2.24, 2.45) is 11.8 Å². The predicted molar refractivity (Wildman–Crippen MR) is 96.1 cm³/mol. The molecular weight excluding hydrogens is 290 g/mol. The van der Waals surface area contributed by atoms with Crippen molar-refractivity contribution in [1.82, 2.24) is 4.90 Å². The fourth-order valence-corrected chi connectivity index (χ4v) is 2.01. The van der Waals surface area contributed by atoms with Crippen LogP contribution in [0.4, 0.5) is 0 Å². The number of aliphatic hydroxyl groups excluding tert-OH is 3. The molecule has 0 aliphatic heterocycles. The number of rotatable bonds is 7. The summed E-state index contributed by atoms with van der Waals surface area (Å²) in [7, 11) is 1.88. The van der Waals surface area contributed by atoms with Gasteiger partial charge in [-0.15, -0.1) is 0 Å². The molecule has 4 nitrogen and oxygen atoms in total. The van der Waals surface area contributed by atoms with Gasteiger partial charge in [0, 0.05) is 13.1 Å². The molecule has 0 aliphatic rings. The molecule has 3 atom stereocenters. The molecule has 0 radical (unpaired) electrons. The van der Waals surface area contributed by atoms with Crippen LogP contribution >= 0.6 is 0 Å². The summed E-state index contributed by atoms with van der Waals surface area (Å²) in [5, 5.41) is 29.5. The molecule has 0 fully saturated rings. The van der Waals surface area contributed by atoms with Gasteiger partial charge in [-0.3, -0.25) is 4.90 Å². The van der Waals surface area contributed by atoms with Crippen molar-refractivity contribution in [2.45, 2.75) is 59.5 Å². The van der Waals surface area contributed by atoms with Gasteiger partial charge in [0.25, 0.3) is 0 Å². The molecule has 0 saturated heterocycles. The van der Waals surface area contributed by atoms with Crippen molar-refractivity contribution >= 4 is 0 Å². The van der Waals surface area contributed by atoms with Gasteiger partial charge in [0.15, 0.2) is 0 Å². The highest BCUT2D eigenvalue weighted by molar-refractivity contribution is 5.14. The van der Waals surface area contributed by atoms with E-state index in [0.29, 0.717) is 13.1 Å². The fraction of sp³-hybridized carbons (Fsp3) is 0.684. The van der Waals surface area contributed by atoms with Crippen molar-refractivity contribution in [3.63, 3.8) is 0 Å². The van der Waals surface area contributed by atoms with Crippen LogP contribution in [0.3, 0.4) is 0 Å². The lowest BCUT2D eigenvalue weighted by Crippen LogP contribution is -2.45. The van der Waals surface area contributed by atoms with Crippen LogP contribution in [0.2, 0.25) is 0 Å². The Labute approximate surface area is 141 Å². The Kier molecular flexibility index (Phi) is 11.1. The first kappa shape index (κ1) is 22.1. The summed E-state index contributed by atoms with van der Waals surface area (Å²) in [5.41, 5.74) is 1.15. The summed E-state index contributed by atoms with van der Waals surface area (Å²) in [6.45, 7) is 11.1. The van der Waals surface area contributed by atoms with Crippen LogP contribution in [-0.4, -0.2) is 52.1 Å². The second kappa shape index (κ2) is 11.6. The molecule has 0 aliphatic carbocycles. The predicted octanol–water partition coefficient (Wildman–Crippen LogP) is 2.52. The maximum Gasteiger partial charge on any atom is 0.107 e. The van der Waals surface area contributed by atoms with Gasteiger partial charge in [0.1, 0.15) is 6.10 Å². The molecular formula is C19H35NO3. The van der Waals surface area contributed by atoms with Crippen molar-refractivity contribution < 1.29 is 15.3 Å². The Morgan fingerprint density at radius 3 is 1.78 bits per heavy atom. The van der Waals surface area contributed by atoms with Crippen molar-refractivity contribution in [3.8, 4) is 0 Å². The van der Waals surface area contributed by atoms with Gasteiger partial charge in [0.2, 0.25) is 0 Å². The zero-order valence-corrected chi connectivity index (χ0v) is 15.5. The van der Waals surface area contributed by atoms with Crippen LogP contribution in [0.1, 0.15) is 40.2 Å². The van der Waals surface area contributed by atoms with Crippen molar-refractivity contribution in [1.29, 1.82) is 0 Å². The van der Waals surface area contributed by atoms with Gasteiger partial charge in [-0.05, 0) is 24.4 Å². The Hall–Kier alpha value is -0.940. The van der Waals surface area contributed by atoms with Crippen LogP contribution in [-0.2, 0) is 6.54 Å². The highest BCUT2D eigenvalue weighted by atomic mass is 16.4. The van der Waals surface area contributed by atoms with E-state index >= 15 is 0 Å². The van der Waals surface area contributed by atoms with Crippen molar-refractivity contribution in [3.05, 3.63) is 35.9 Å². The molecule has 0 bridgehead atoms. The molecule has 3 unspecified atom stereocenters. The van der Waals surface area contributed by atoms with E-state index in [1.54, 1.807) is 0 Å². The summed E-state index contributed by atoms with van der Waals surface area (Å²) >= 11 is 0. The Balaban J connectivity index is 0.00000108. The summed E-state index contributed by atoms with van der Waals surface area (Å²) < 4.78 is 0. The molecule has 4 heteroatoms. The summed E-state index contributed by atoms with van der Waals surface area (Å²) in [6, 6.07) is 9.93. The minimum Gasteiger partial charge on any atom is -0.390 e. The standard InChI is InChI=1S/C15H25NO3.C4H10/c1-11(2)14(18)15(19)13(17)10-16(3)9-12-7-5-4-6-8-12;1-4(2)3/h4-8,11,13-15,17-19H,9-10H2,1-3H3;4H,1-3H3. The fourth-order valence-electron chi connectivity index (χ4n) is 2.01. The van der Waals surface area contributed by atoms with Gasteiger partial charge in [0.05, 0.1) is 12.2 Å². The van der Waals surface area contributed by atoms with Crippen LogP contribution in [0, 0.1) is 11.8 Å². The van der Waals surface area contributed by atoms with Gasteiger partial charge in [-0.2, -0.15) is 0 Å². The van der Waals surface area contributed by atoms with Crippen LogP contribution < -0.4 is 0 Å². The average Bonchev–Trinajstić information content (AvgIpc) is 2.45. The minimum absolute atomic E-state index is 0.0796. The van der Waals surface area contributed by atoms with Crippen molar-refractivity contribution in [2.75, 3.05) is 13.6 Å². The van der Waals surface area contributed by atoms with E-state index in [2.05, 4.69) is 20.8 Å². The van der Waals surface area contributed by atoms with Crippen LogP contribution in [0.15, 0.2) is 30.3 Å². The smallest absolute Gasteiger partial charge is 0.107 e. The average molecular weight is 325 g/mol. The quantitative estimate of drug-likeness (QED) is 0.721. The summed E-state index contributed by atoms with van der Waals surface area (Å²) in [6.07, 6.45) is -2.97. The Morgan fingerprint density at radius 1 is 0.870 bits per heavy atom. The lowest BCUT2D eigenvalue weighted by Gasteiger charge is -2.28. The van der Waals surface area contributed by atoms with Gasteiger partial charge in [-0.1, -0.05) is 65.0 Å². The molecule has 0 saturated carbocycles. The topological polar surface area (TPSA) is 63.9 Å². The molecule has 3 N–H and O–H groups in total. The molecule has 1 rings (SSSR count). The summed E-state index contributed by atoms with van der Waals surface area (Å²) in [5.74, 6) is 0.754. The largest absolute Gasteiger partial charge is 0.390 e. The van der Waals surface area contributed by atoms with Gasteiger partial charge < -0.3 is 15.3 Å². The van der Waals surface area contributed by atoms with E-state index in [1.807, 2.05) is 56.1 Å². The summed E-state index contributed by atoms with van der Waals surface area (Å²) in [4.78, 5) is 1.93. The molecule has 23 heavy (non-hydrogen) atoms. The van der Waals surface area contributed by atoms with Gasteiger partial charge >= 0.3 is 0 Å². The molecule has 0 aromatic heterocycles. The lowest BCUT2D eigenvalue weighted by molar-refractivity contribution is -0.0826. The highest BCUT2D eigenvalue weighted by Crippen LogP contribution is 2.11. The third-order valence-corrected chi connectivity index (χ3v) is 3.22. The lowest BCUT2D eigenvalue weighted by atomic mass is 9.98. The molecule has 1 aromatic rings.